The van der Waals surface area contributed by atoms with E-state index in [0.29, 0.717) is 0 Å². The van der Waals surface area contributed by atoms with Crippen LogP contribution in [-0.4, -0.2) is 11.0 Å². The first-order chi connectivity index (χ1) is 7.75. The van der Waals surface area contributed by atoms with Gasteiger partial charge in [-0.1, -0.05) is 20.8 Å². The van der Waals surface area contributed by atoms with Crippen molar-refractivity contribution >= 4 is 11.6 Å². The number of hydrazine groups is 1. The van der Waals surface area contributed by atoms with Gasteiger partial charge in [-0.15, -0.1) is 0 Å². The molecule has 0 amide bonds. The number of nitrogens with zero attached hydrogens (tertiary/aromatic N) is 1. The van der Waals surface area contributed by atoms with Gasteiger partial charge in [0, 0.05) is 12.1 Å². The maximum Gasteiger partial charge on any atom is 0.178 e. The number of rotatable bonds is 3. The fourth-order valence-corrected chi connectivity index (χ4v) is 1.09. The van der Waals surface area contributed by atoms with Crippen molar-refractivity contribution in [2.24, 2.45) is 11.3 Å². The molecule has 0 aliphatic carbocycles. The lowest BCUT2D eigenvalue weighted by Gasteiger charge is -2.28. The van der Waals surface area contributed by atoms with Crippen LogP contribution in [0.1, 0.15) is 27.7 Å². The lowest BCUT2D eigenvalue weighted by Crippen LogP contribution is -2.31. The van der Waals surface area contributed by atoms with E-state index in [2.05, 4.69) is 15.7 Å². The van der Waals surface area contributed by atoms with E-state index in [9.17, 15) is 8.78 Å². The maximum atomic E-state index is 13.5. The summed E-state index contributed by atoms with van der Waals surface area (Å²) in [6, 6.07) is 0.723. The number of nitrogen functional groups attached to an aromatic ring is 1. The molecule has 0 radical (unpaired) electrons. The summed E-state index contributed by atoms with van der Waals surface area (Å²) in [5, 5.41) is 2.90. The predicted molar refractivity (Wildman–Crippen MR) is 64.5 cm³/mol. The molecular weight excluding hydrogens is 226 g/mol. The zero-order valence-corrected chi connectivity index (χ0v) is 10.4. The number of hydrogen-bond acceptors (Lipinski definition) is 4. The van der Waals surface area contributed by atoms with Gasteiger partial charge in [-0.2, -0.15) is 0 Å². The minimum atomic E-state index is -0.820. The van der Waals surface area contributed by atoms with Gasteiger partial charge >= 0.3 is 0 Å². The third kappa shape index (κ3) is 3.26. The number of nitrogens with one attached hydrogen (secondary N) is 2. The van der Waals surface area contributed by atoms with Crippen LogP contribution in [0, 0.1) is 17.0 Å². The van der Waals surface area contributed by atoms with Crippen molar-refractivity contribution in [1.29, 1.82) is 0 Å². The molecule has 4 N–H and O–H groups in total. The molecule has 0 spiro atoms. The van der Waals surface area contributed by atoms with Crippen molar-refractivity contribution in [3.63, 3.8) is 0 Å². The Balaban J connectivity index is 2.99. The second kappa shape index (κ2) is 4.83. The molecule has 6 heteroatoms. The highest BCUT2D eigenvalue weighted by Crippen LogP contribution is 2.25. The first kappa shape index (κ1) is 13.6. The molecule has 0 aliphatic rings. The molecule has 1 aromatic rings. The number of halogens is 2. The Morgan fingerprint density at radius 1 is 1.24 bits per heavy atom. The molecule has 1 atom stereocenters. The lowest BCUT2D eigenvalue weighted by molar-refractivity contribution is 0.357. The average molecular weight is 244 g/mol. The topological polar surface area (TPSA) is 63.0 Å². The minimum absolute atomic E-state index is 0.0122. The minimum Gasteiger partial charge on any atom is -0.365 e. The lowest BCUT2D eigenvalue weighted by atomic mass is 9.88. The van der Waals surface area contributed by atoms with E-state index in [1.165, 1.54) is 0 Å². The Bertz CT molecular complexity index is 401. The van der Waals surface area contributed by atoms with Crippen molar-refractivity contribution in [1.82, 2.24) is 4.98 Å². The van der Waals surface area contributed by atoms with Crippen molar-refractivity contribution < 1.29 is 8.78 Å². The second-order valence-electron chi connectivity index (χ2n) is 5.03. The summed E-state index contributed by atoms with van der Waals surface area (Å²) >= 11 is 0. The molecule has 96 valence electrons. The summed E-state index contributed by atoms with van der Waals surface area (Å²) in [6.07, 6.45) is 0. The van der Waals surface area contributed by atoms with Gasteiger partial charge in [-0.3, -0.25) is 0 Å². The maximum absolute atomic E-state index is 13.5. The van der Waals surface area contributed by atoms with E-state index in [4.69, 9.17) is 5.84 Å². The van der Waals surface area contributed by atoms with Crippen LogP contribution in [0.5, 0.6) is 0 Å². The summed E-state index contributed by atoms with van der Waals surface area (Å²) in [6.45, 7) is 7.93. The SMILES string of the molecule is CC(Nc1nc(NN)c(F)cc1F)C(C)(C)C. The molecule has 1 rings (SSSR count). The van der Waals surface area contributed by atoms with Crippen LogP contribution >= 0.6 is 0 Å². The van der Waals surface area contributed by atoms with Crippen LogP contribution < -0.4 is 16.6 Å². The average Bonchev–Trinajstić information content (AvgIpc) is 2.20. The summed E-state index contributed by atoms with van der Waals surface area (Å²) in [4.78, 5) is 3.75. The largest absolute Gasteiger partial charge is 0.365 e. The number of nitrogens with two attached hydrogens (primary N) is 1. The Morgan fingerprint density at radius 3 is 2.24 bits per heavy atom. The first-order valence-electron chi connectivity index (χ1n) is 5.35. The van der Waals surface area contributed by atoms with Crippen LogP contribution in [0.15, 0.2) is 6.07 Å². The van der Waals surface area contributed by atoms with Gasteiger partial charge in [-0.05, 0) is 12.3 Å². The van der Waals surface area contributed by atoms with Crippen LogP contribution in [0.2, 0.25) is 0 Å². The number of pyridine rings is 1. The molecule has 0 aliphatic heterocycles. The van der Waals surface area contributed by atoms with Gasteiger partial charge in [0.1, 0.15) is 0 Å². The summed E-state index contributed by atoms with van der Waals surface area (Å²) in [5.74, 6) is 3.33. The zero-order chi connectivity index (χ0) is 13.2. The second-order valence-corrected chi connectivity index (χ2v) is 5.03. The molecule has 1 heterocycles. The highest BCUT2D eigenvalue weighted by molar-refractivity contribution is 5.47. The molecule has 0 saturated heterocycles. The predicted octanol–water partition coefficient (Wildman–Crippen LogP) is 2.49. The molecule has 1 unspecified atom stereocenters. The van der Waals surface area contributed by atoms with Crippen LogP contribution in [0.3, 0.4) is 0 Å². The van der Waals surface area contributed by atoms with Crippen molar-refractivity contribution in [2.45, 2.75) is 33.7 Å². The van der Waals surface area contributed by atoms with Gasteiger partial charge < -0.3 is 10.7 Å². The Hall–Kier alpha value is -1.43. The quantitative estimate of drug-likeness (QED) is 0.564. The zero-order valence-electron chi connectivity index (χ0n) is 10.4. The number of aromatic nitrogens is 1. The fourth-order valence-electron chi connectivity index (χ4n) is 1.09. The van der Waals surface area contributed by atoms with Crippen LogP contribution in [0.4, 0.5) is 20.4 Å². The molecule has 0 saturated carbocycles. The first-order valence-corrected chi connectivity index (χ1v) is 5.35. The normalized spacial score (nSPS) is 13.4. The Kier molecular flexibility index (Phi) is 3.87. The van der Waals surface area contributed by atoms with E-state index in [1.807, 2.05) is 27.7 Å². The molecular formula is C11H18F2N4. The number of hydrogen-bond donors (Lipinski definition) is 3. The highest BCUT2D eigenvalue weighted by atomic mass is 19.1. The van der Waals surface area contributed by atoms with E-state index >= 15 is 0 Å². The monoisotopic (exact) mass is 244 g/mol. The Morgan fingerprint density at radius 2 is 1.76 bits per heavy atom. The van der Waals surface area contributed by atoms with E-state index in [0.717, 1.165) is 6.07 Å². The number of anilines is 2. The van der Waals surface area contributed by atoms with Gasteiger partial charge in [0.15, 0.2) is 23.3 Å². The molecule has 4 nitrogen and oxygen atoms in total. The highest BCUT2D eigenvalue weighted by Gasteiger charge is 2.22. The van der Waals surface area contributed by atoms with Gasteiger partial charge in [-0.25, -0.2) is 19.6 Å². The van der Waals surface area contributed by atoms with E-state index < -0.39 is 11.6 Å². The Labute approximate surface area is 99.6 Å². The smallest absolute Gasteiger partial charge is 0.178 e. The van der Waals surface area contributed by atoms with Gasteiger partial charge in [0.05, 0.1) is 0 Å². The summed E-state index contributed by atoms with van der Waals surface area (Å²) in [7, 11) is 0. The van der Waals surface area contributed by atoms with E-state index in [-0.39, 0.29) is 23.1 Å². The van der Waals surface area contributed by atoms with Gasteiger partial charge in [0.2, 0.25) is 0 Å². The molecule has 17 heavy (non-hydrogen) atoms. The molecule has 1 aromatic heterocycles. The third-order valence-electron chi connectivity index (χ3n) is 2.72. The van der Waals surface area contributed by atoms with Crippen molar-refractivity contribution in [3.8, 4) is 0 Å². The molecule has 0 bridgehead atoms. The van der Waals surface area contributed by atoms with Crippen molar-refractivity contribution in [3.05, 3.63) is 17.7 Å². The fraction of sp³-hybridized carbons (Fsp3) is 0.545. The van der Waals surface area contributed by atoms with Gasteiger partial charge in [0.25, 0.3) is 0 Å². The molecule has 0 fully saturated rings. The third-order valence-corrected chi connectivity index (χ3v) is 2.72. The van der Waals surface area contributed by atoms with Crippen LogP contribution in [-0.2, 0) is 0 Å². The standard InChI is InChI=1S/C11H18F2N4/c1-6(11(2,3)4)15-9-7(12)5-8(13)10(16-9)17-14/h5-6H,14H2,1-4H3,(H2,15,16,17). The van der Waals surface area contributed by atoms with Crippen molar-refractivity contribution in [2.75, 3.05) is 10.7 Å². The summed E-state index contributed by atoms with van der Waals surface area (Å²) in [5.41, 5.74) is 2.01. The van der Waals surface area contributed by atoms with E-state index in [1.54, 1.807) is 0 Å². The van der Waals surface area contributed by atoms with Crippen LogP contribution in [0.25, 0.3) is 0 Å². The molecule has 0 aromatic carbocycles. The summed E-state index contributed by atoms with van der Waals surface area (Å²) < 4.78 is 26.6.